The highest BCUT2D eigenvalue weighted by Crippen LogP contribution is 2.05. The summed E-state index contributed by atoms with van der Waals surface area (Å²) in [5, 5.41) is 9.06. The van der Waals surface area contributed by atoms with Crippen molar-refractivity contribution in [3.05, 3.63) is 11.8 Å². The van der Waals surface area contributed by atoms with Crippen LogP contribution in [0.3, 0.4) is 0 Å². The van der Waals surface area contributed by atoms with E-state index in [0.29, 0.717) is 0 Å². The SMILES string of the molecule is CCOC(=O)N1CC(=O)C=C(O)C1. The summed E-state index contributed by atoms with van der Waals surface area (Å²) < 4.78 is 4.67. The molecule has 0 aromatic heterocycles. The fraction of sp³-hybridized carbons (Fsp3) is 0.500. The highest BCUT2D eigenvalue weighted by molar-refractivity contribution is 5.94. The fourth-order valence-corrected chi connectivity index (χ4v) is 1.06. The first kappa shape index (κ1) is 9.57. The summed E-state index contributed by atoms with van der Waals surface area (Å²) in [6.07, 6.45) is 0.547. The molecule has 13 heavy (non-hydrogen) atoms. The zero-order valence-corrected chi connectivity index (χ0v) is 7.32. The largest absolute Gasteiger partial charge is 0.510 e. The van der Waals surface area contributed by atoms with Gasteiger partial charge in [0.2, 0.25) is 0 Å². The summed E-state index contributed by atoms with van der Waals surface area (Å²) in [7, 11) is 0. The molecular weight excluding hydrogens is 174 g/mol. The number of hydrogen-bond donors (Lipinski definition) is 1. The van der Waals surface area contributed by atoms with Crippen LogP contribution >= 0.6 is 0 Å². The lowest BCUT2D eigenvalue weighted by Crippen LogP contribution is -2.40. The number of aliphatic hydroxyl groups is 1. The smallest absolute Gasteiger partial charge is 0.410 e. The first-order chi connectivity index (χ1) is 6.13. The first-order valence-corrected chi connectivity index (χ1v) is 3.97. The van der Waals surface area contributed by atoms with E-state index in [4.69, 9.17) is 5.11 Å². The molecule has 0 bridgehead atoms. The monoisotopic (exact) mass is 185 g/mol. The van der Waals surface area contributed by atoms with Crippen LogP contribution in [-0.4, -0.2) is 41.6 Å². The molecule has 0 fully saturated rings. The Bertz CT molecular complexity index is 259. The Morgan fingerprint density at radius 1 is 1.69 bits per heavy atom. The Kier molecular flexibility index (Phi) is 2.89. The van der Waals surface area contributed by atoms with Gasteiger partial charge in [0.25, 0.3) is 0 Å². The lowest BCUT2D eigenvalue weighted by molar-refractivity contribution is -0.116. The van der Waals surface area contributed by atoms with Gasteiger partial charge in [0.1, 0.15) is 5.76 Å². The molecule has 5 heteroatoms. The van der Waals surface area contributed by atoms with E-state index >= 15 is 0 Å². The van der Waals surface area contributed by atoms with Gasteiger partial charge in [-0.15, -0.1) is 0 Å². The second-order valence-corrected chi connectivity index (χ2v) is 2.66. The van der Waals surface area contributed by atoms with Gasteiger partial charge in [-0.2, -0.15) is 0 Å². The van der Waals surface area contributed by atoms with Gasteiger partial charge in [-0.3, -0.25) is 9.69 Å². The van der Waals surface area contributed by atoms with Crippen molar-refractivity contribution in [3.63, 3.8) is 0 Å². The zero-order valence-electron chi connectivity index (χ0n) is 7.32. The van der Waals surface area contributed by atoms with Crippen LogP contribution in [0.1, 0.15) is 6.92 Å². The number of aliphatic hydroxyl groups excluding tert-OH is 1. The summed E-state index contributed by atoms with van der Waals surface area (Å²) >= 11 is 0. The summed E-state index contributed by atoms with van der Waals surface area (Å²) in [5.74, 6) is -0.402. The van der Waals surface area contributed by atoms with E-state index in [2.05, 4.69) is 4.74 Å². The molecule has 1 aliphatic rings. The second-order valence-electron chi connectivity index (χ2n) is 2.66. The summed E-state index contributed by atoms with van der Waals surface area (Å²) in [6, 6.07) is 0. The van der Waals surface area contributed by atoms with Crippen LogP contribution in [0.25, 0.3) is 0 Å². The van der Waals surface area contributed by atoms with Crippen molar-refractivity contribution in [2.24, 2.45) is 0 Å². The number of rotatable bonds is 1. The molecule has 0 aromatic carbocycles. The Labute approximate surface area is 75.6 Å². The van der Waals surface area contributed by atoms with Crippen LogP contribution in [0.2, 0.25) is 0 Å². The molecule has 0 saturated heterocycles. The van der Waals surface area contributed by atoms with E-state index < -0.39 is 6.09 Å². The Morgan fingerprint density at radius 3 is 2.92 bits per heavy atom. The Balaban J connectivity index is 2.59. The molecule has 1 heterocycles. The Morgan fingerprint density at radius 2 is 2.38 bits per heavy atom. The van der Waals surface area contributed by atoms with Gasteiger partial charge >= 0.3 is 6.09 Å². The van der Waals surface area contributed by atoms with E-state index in [-0.39, 0.29) is 31.2 Å². The third-order valence-corrected chi connectivity index (χ3v) is 1.55. The summed E-state index contributed by atoms with van der Waals surface area (Å²) in [6.45, 7) is 1.96. The lowest BCUT2D eigenvalue weighted by atomic mass is 10.2. The van der Waals surface area contributed by atoms with Gasteiger partial charge in [-0.1, -0.05) is 0 Å². The minimum absolute atomic E-state index is 0.0249. The third-order valence-electron chi connectivity index (χ3n) is 1.55. The zero-order chi connectivity index (χ0) is 9.84. The molecule has 0 saturated carbocycles. The molecule has 0 radical (unpaired) electrons. The predicted octanol–water partition coefficient (Wildman–Crippen LogP) is 0.470. The number of carbonyl (C=O) groups excluding carboxylic acids is 2. The van der Waals surface area contributed by atoms with Crippen molar-refractivity contribution in [1.82, 2.24) is 4.90 Å². The van der Waals surface area contributed by atoms with E-state index in [1.54, 1.807) is 6.92 Å². The molecule has 0 atom stereocenters. The number of hydrogen-bond acceptors (Lipinski definition) is 4. The van der Waals surface area contributed by atoms with Gasteiger partial charge in [0.05, 0.1) is 19.7 Å². The topological polar surface area (TPSA) is 66.8 Å². The van der Waals surface area contributed by atoms with E-state index in [1.807, 2.05) is 0 Å². The third kappa shape index (κ3) is 2.47. The number of ketones is 1. The van der Waals surface area contributed by atoms with Gasteiger partial charge in [-0.05, 0) is 6.92 Å². The molecule has 0 unspecified atom stereocenters. The maximum atomic E-state index is 11.1. The van der Waals surface area contributed by atoms with Crippen LogP contribution in [0.5, 0.6) is 0 Å². The maximum absolute atomic E-state index is 11.1. The van der Waals surface area contributed by atoms with Gasteiger partial charge in [0.15, 0.2) is 5.78 Å². The van der Waals surface area contributed by atoms with E-state index in [1.165, 1.54) is 0 Å². The summed E-state index contributed by atoms with van der Waals surface area (Å²) in [5.41, 5.74) is 0. The van der Waals surface area contributed by atoms with Crippen molar-refractivity contribution >= 4 is 11.9 Å². The van der Waals surface area contributed by atoms with Crippen molar-refractivity contribution in [2.45, 2.75) is 6.92 Å². The van der Waals surface area contributed by atoms with Crippen LogP contribution in [-0.2, 0) is 9.53 Å². The number of ether oxygens (including phenoxy) is 1. The molecule has 1 aliphatic heterocycles. The minimum atomic E-state index is -0.574. The highest BCUT2D eigenvalue weighted by Gasteiger charge is 2.22. The van der Waals surface area contributed by atoms with Crippen LogP contribution < -0.4 is 0 Å². The lowest BCUT2D eigenvalue weighted by Gasteiger charge is -2.22. The number of nitrogens with zero attached hydrogens (tertiary/aromatic N) is 1. The molecule has 5 nitrogen and oxygen atoms in total. The standard InChI is InChI=1S/C8H11NO4/c1-2-13-8(12)9-4-6(10)3-7(11)5-9/h3,10H,2,4-5H2,1H3. The van der Waals surface area contributed by atoms with Gasteiger partial charge < -0.3 is 9.84 Å². The van der Waals surface area contributed by atoms with Crippen LogP contribution in [0.4, 0.5) is 4.79 Å². The normalized spacial score (nSPS) is 16.8. The first-order valence-electron chi connectivity index (χ1n) is 3.97. The molecular formula is C8H11NO4. The molecule has 72 valence electrons. The molecule has 0 aliphatic carbocycles. The predicted molar refractivity (Wildman–Crippen MR) is 44.3 cm³/mol. The summed E-state index contributed by atoms with van der Waals surface area (Å²) in [4.78, 5) is 23.2. The number of carbonyl (C=O) groups is 2. The van der Waals surface area contributed by atoms with Crippen molar-refractivity contribution < 1.29 is 19.4 Å². The molecule has 1 N–H and O–H groups in total. The maximum Gasteiger partial charge on any atom is 0.410 e. The van der Waals surface area contributed by atoms with Crippen molar-refractivity contribution in [2.75, 3.05) is 19.7 Å². The molecule has 1 amide bonds. The number of amides is 1. The van der Waals surface area contributed by atoms with Gasteiger partial charge in [-0.25, -0.2) is 4.79 Å². The molecule has 0 spiro atoms. The van der Waals surface area contributed by atoms with E-state index in [9.17, 15) is 9.59 Å². The minimum Gasteiger partial charge on any atom is -0.510 e. The van der Waals surface area contributed by atoms with Crippen LogP contribution in [0.15, 0.2) is 11.8 Å². The van der Waals surface area contributed by atoms with Crippen molar-refractivity contribution in [1.29, 1.82) is 0 Å². The van der Waals surface area contributed by atoms with E-state index in [0.717, 1.165) is 11.0 Å². The average Bonchev–Trinajstić information content (AvgIpc) is 2.03. The quantitative estimate of drug-likeness (QED) is 0.644. The molecule has 1 rings (SSSR count). The highest BCUT2D eigenvalue weighted by atomic mass is 16.6. The van der Waals surface area contributed by atoms with Gasteiger partial charge in [0, 0.05) is 6.08 Å². The Hall–Kier alpha value is -1.52. The fourth-order valence-electron chi connectivity index (χ4n) is 1.06. The average molecular weight is 185 g/mol. The molecule has 0 aromatic rings. The van der Waals surface area contributed by atoms with Crippen LogP contribution in [0, 0.1) is 0 Å². The second kappa shape index (κ2) is 3.93. The van der Waals surface area contributed by atoms with Crippen molar-refractivity contribution in [3.8, 4) is 0 Å².